The highest BCUT2D eigenvalue weighted by atomic mass is 19.1. The molecule has 0 spiro atoms. The second kappa shape index (κ2) is 7.07. The molecule has 0 aliphatic carbocycles. The van der Waals surface area contributed by atoms with Gasteiger partial charge in [-0.25, -0.2) is 14.4 Å². The number of rotatable bonds is 3. The summed E-state index contributed by atoms with van der Waals surface area (Å²) in [5.74, 6) is 0.433. The van der Waals surface area contributed by atoms with Crippen LogP contribution in [0.3, 0.4) is 0 Å². The SMILES string of the molecule is Cc1nc(C(=O)N2CCC=C(F)C2)nc(N2CC[C@@H](N(C)C)C2)c1C. The Morgan fingerprint density at radius 2 is 2.04 bits per heavy atom. The summed E-state index contributed by atoms with van der Waals surface area (Å²) < 4.78 is 13.5. The Morgan fingerprint density at radius 1 is 1.28 bits per heavy atom. The smallest absolute Gasteiger partial charge is 0.292 e. The Balaban J connectivity index is 1.86. The van der Waals surface area contributed by atoms with Crippen LogP contribution in [0.5, 0.6) is 0 Å². The van der Waals surface area contributed by atoms with Crippen molar-refractivity contribution >= 4 is 11.7 Å². The minimum atomic E-state index is -0.295. The molecule has 1 atom stereocenters. The molecule has 1 amide bonds. The topological polar surface area (TPSA) is 52.6 Å². The molecule has 3 heterocycles. The Labute approximate surface area is 148 Å². The van der Waals surface area contributed by atoms with Gasteiger partial charge in [-0.1, -0.05) is 0 Å². The number of anilines is 1. The van der Waals surface area contributed by atoms with E-state index in [1.54, 1.807) is 0 Å². The van der Waals surface area contributed by atoms with Crippen LogP contribution in [0.1, 0.15) is 34.7 Å². The highest BCUT2D eigenvalue weighted by Crippen LogP contribution is 2.25. The predicted octanol–water partition coefficient (Wildman–Crippen LogP) is 1.93. The van der Waals surface area contributed by atoms with Gasteiger partial charge in [0.05, 0.1) is 6.54 Å². The monoisotopic (exact) mass is 347 g/mol. The summed E-state index contributed by atoms with van der Waals surface area (Å²) in [7, 11) is 4.17. The van der Waals surface area contributed by atoms with E-state index in [2.05, 4.69) is 33.9 Å². The first-order valence-corrected chi connectivity index (χ1v) is 8.77. The average Bonchev–Trinajstić information content (AvgIpc) is 3.06. The number of nitrogens with zero attached hydrogens (tertiary/aromatic N) is 5. The van der Waals surface area contributed by atoms with Crippen molar-refractivity contribution in [2.45, 2.75) is 32.7 Å². The van der Waals surface area contributed by atoms with E-state index in [1.807, 2.05) is 13.8 Å². The van der Waals surface area contributed by atoms with Crippen molar-refractivity contribution in [2.75, 3.05) is 45.2 Å². The molecule has 2 aliphatic heterocycles. The summed E-state index contributed by atoms with van der Waals surface area (Å²) in [5, 5.41) is 0. The van der Waals surface area contributed by atoms with E-state index in [-0.39, 0.29) is 24.1 Å². The minimum absolute atomic E-state index is 0.0108. The lowest BCUT2D eigenvalue weighted by Gasteiger charge is -2.26. The summed E-state index contributed by atoms with van der Waals surface area (Å²) in [6.45, 7) is 6.20. The predicted molar refractivity (Wildman–Crippen MR) is 95.5 cm³/mol. The molecule has 0 radical (unpaired) electrons. The van der Waals surface area contributed by atoms with Gasteiger partial charge < -0.3 is 14.7 Å². The standard InChI is InChI=1S/C18H26FN5O/c1-12-13(2)20-16(18(25)24-8-5-6-14(19)10-24)21-17(12)23-9-7-15(11-23)22(3)4/h6,15H,5,7-11H2,1-4H3/t15-/m1/s1. The number of carbonyl (C=O) groups is 1. The van der Waals surface area contributed by atoms with Gasteiger partial charge in [-0.2, -0.15) is 0 Å². The van der Waals surface area contributed by atoms with Crippen molar-refractivity contribution in [2.24, 2.45) is 0 Å². The van der Waals surface area contributed by atoms with Crippen molar-refractivity contribution in [3.8, 4) is 0 Å². The molecule has 1 aromatic heterocycles. The Bertz CT molecular complexity index is 703. The molecule has 0 saturated carbocycles. The van der Waals surface area contributed by atoms with Crippen LogP contribution in [0, 0.1) is 13.8 Å². The molecule has 25 heavy (non-hydrogen) atoms. The van der Waals surface area contributed by atoms with Crippen LogP contribution in [0.15, 0.2) is 11.9 Å². The zero-order valence-electron chi connectivity index (χ0n) is 15.4. The number of aryl methyl sites for hydroxylation is 1. The van der Waals surface area contributed by atoms with Gasteiger partial charge in [0, 0.05) is 36.9 Å². The van der Waals surface area contributed by atoms with E-state index in [1.165, 1.54) is 11.0 Å². The van der Waals surface area contributed by atoms with E-state index >= 15 is 0 Å². The average molecular weight is 347 g/mol. The van der Waals surface area contributed by atoms with Crippen molar-refractivity contribution < 1.29 is 9.18 Å². The van der Waals surface area contributed by atoms with Gasteiger partial charge in [0.25, 0.3) is 5.91 Å². The molecule has 0 bridgehead atoms. The second-order valence-corrected chi connectivity index (χ2v) is 7.10. The molecule has 2 aliphatic rings. The molecular weight excluding hydrogens is 321 g/mol. The summed E-state index contributed by atoms with van der Waals surface area (Å²) in [5.41, 5.74) is 1.80. The van der Waals surface area contributed by atoms with E-state index in [0.29, 0.717) is 19.0 Å². The third-order valence-corrected chi connectivity index (χ3v) is 5.14. The molecule has 136 valence electrons. The molecule has 1 fully saturated rings. The number of hydrogen-bond acceptors (Lipinski definition) is 5. The maximum atomic E-state index is 13.5. The Hall–Kier alpha value is -2.02. The molecule has 0 aromatic carbocycles. The molecule has 0 unspecified atom stereocenters. The fourth-order valence-electron chi connectivity index (χ4n) is 3.39. The molecule has 1 saturated heterocycles. The van der Waals surface area contributed by atoms with Crippen LogP contribution < -0.4 is 4.90 Å². The minimum Gasteiger partial charge on any atom is -0.355 e. The largest absolute Gasteiger partial charge is 0.355 e. The third-order valence-electron chi connectivity index (χ3n) is 5.14. The van der Waals surface area contributed by atoms with Crippen LogP contribution in [0.25, 0.3) is 0 Å². The van der Waals surface area contributed by atoms with E-state index < -0.39 is 0 Å². The number of amides is 1. The highest BCUT2D eigenvalue weighted by molar-refractivity contribution is 5.91. The van der Waals surface area contributed by atoms with Gasteiger partial charge in [-0.05, 0) is 46.9 Å². The van der Waals surface area contributed by atoms with Crippen molar-refractivity contribution in [1.29, 1.82) is 0 Å². The van der Waals surface area contributed by atoms with Gasteiger partial charge in [0.2, 0.25) is 5.82 Å². The molecule has 1 aromatic rings. The molecule has 3 rings (SSSR count). The fraction of sp³-hybridized carbons (Fsp3) is 0.611. The zero-order valence-corrected chi connectivity index (χ0v) is 15.4. The Kier molecular flexibility index (Phi) is 5.03. The number of carbonyl (C=O) groups excluding carboxylic acids is 1. The normalized spacial score (nSPS) is 21.0. The van der Waals surface area contributed by atoms with E-state index in [9.17, 15) is 9.18 Å². The first-order chi connectivity index (χ1) is 11.9. The lowest BCUT2D eigenvalue weighted by molar-refractivity contribution is 0.0742. The summed E-state index contributed by atoms with van der Waals surface area (Å²) in [6, 6.07) is 0.482. The highest BCUT2D eigenvalue weighted by Gasteiger charge is 2.29. The first-order valence-electron chi connectivity index (χ1n) is 8.77. The van der Waals surface area contributed by atoms with Crippen molar-refractivity contribution in [3.63, 3.8) is 0 Å². The molecular formula is C18H26FN5O. The summed E-state index contributed by atoms with van der Waals surface area (Å²) >= 11 is 0. The second-order valence-electron chi connectivity index (χ2n) is 7.10. The van der Waals surface area contributed by atoms with Crippen LogP contribution in [-0.2, 0) is 0 Å². The van der Waals surface area contributed by atoms with E-state index in [4.69, 9.17) is 0 Å². The molecule has 6 nitrogen and oxygen atoms in total. The number of likely N-dealkylation sites (N-methyl/N-ethyl adjacent to an activating group) is 1. The molecule has 0 N–H and O–H groups in total. The quantitative estimate of drug-likeness (QED) is 0.836. The number of aromatic nitrogens is 2. The van der Waals surface area contributed by atoms with Gasteiger partial charge in [-0.3, -0.25) is 4.79 Å². The van der Waals surface area contributed by atoms with E-state index in [0.717, 1.165) is 36.6 Å². The third kappa shape index (κ3) is 3.66. The van der Waals surface area contributed by atoms with Crippen LogP contribution >= 0.6 is 0 Å². The number of hydrogen-bond donors (Lipinski definition) is 0. The molecule has 7 heteroatoms. The van der Waals surface area contributed by atoms with Gasteiger partial charge >= 0.3 is 0 Å². The zero-order chi connectivity index (χ0) is 18.1. The maximum absolute atomic E-state index is 13.5. The summed E-state index contributed by atoms with van der Waals surface area (Å²) in [6.07, 6.45) is 3.13. The van der Waals surface area contributed by atoms with Crippen LogP contribution in [0.2, 0.25) is 0 Å². The van der Waals surface area contributed by atoms with Gasteiger partial charge in [0.1, 0.15) is 11.6 Å². The fourth-order valence-corrected chi connectivity index (χ4v) is 3.39. The lowest BCUT2D eigenvalue weighted by atomic mass is 10.2. The van der Waals surface area contributed by atoms with Gasteiger partial charge in [0.15, 0.2) is 0 Å². The van der Waals surface area contributed by atoms with Gasteiger partial charge in [-0.15, -0.1) is 0 Å². The Morgan fingerprint density at radius 3 is 2.68 bits per heavy atom. The van der Waals surface area contributed by atoms with Crippen LogP contribution in [-0.4, -0.2) is 72.0 Å². The lowest BCUT2D eigenvalue weighted by Crippen LogP contribution is -2.37. The maximum Gasteiger partial charge on any atom is 0.292 e. The first kappa shape index (κ1) is 17.8. The summed E-state index contributed by atoms with van der Waals surface area (Å²) in [4.78, 5) is 27.6. The van der Waals surface area contributed by atoms with Crippen LogP contribution in [0.4, 0.5) is 10.2 Å². The van der Waals surface area contributed by atoms with Crippen molar-refractivity contribution in [3.05, 3.63) is 29.0 Å². The number of halogens is 1. The van der Waals surface area contributed by atoms with Crippen molar-refractivity contribution in [1.82, 2.24) is 19.8 Å².